The van der Waals surface area contributed by atoms with Gasteiger partial charge < -0.3 is 9.80 Å². The van der Waals surface area contributed by atoms with E-state index in [4.69, 9.17) is 0 Å². The van der Waals surface area contributed by atoms with Crippen molar-refractivity contribution in [2.45, 2.75) is 34.1 Å². The first kappa shape index (κ1) is 19.1. The van der Waals surface area contributed by atoms with E-state index in [1.165, 1.54) is 5.56 Å². The number of carbonyl (C=O) groups excluding carboxylic acids is 2. The number of carbonyl (C=O) groups is 2. The second-order valence-electron chi connectivity index (χ2n) is 7.76. The second kappa shape index (κ2) is 7.94. The topological polar surface area (TPSA) is 69.3 Å². The Morgan fingerprint density at radius 2 is 1.74 bits per heavy atom. The van der Waals surface area contributed by atoms with Gasteiger partial charge in [-0.15, -0.1) is 0 Å². The van der Waals surface area contributed by atoms with Crippen LogP contribution in [-0.4, -0.2) is 58.0 Å². The number of nitrogens with zero attached hydrogens (tertiary/aromatic N) is 3. The third-order valence-electron chi connectivity index (χ3n) is 4.97. The number of hydrogen-bond donors (Lipinski definition) is 1. The van der Waals surface area contributed by atoms with Gasteiger partial charge in [0.05, 0.1) is 5.69 Å². The van der Waals surface area contributed by atoms with Gasteiger partial charge in [0, 0.05) is 38.2 Å². The molecule has 144 valence electrons. The molecule has 1 N–H and O–H groups in total. The van der Waals surface area contributed by atoms with E-state index in [0.717, 1.165) is 16.8 Å². The van der Waals surface area contributed by atoms with Gasteiger partial charge in [0.25, 0.3) is 5.91 Å². The van der Waals surface area contributed by atoms with Crippen LogP contribution in [0.15, 0.2) is 24.3 Å². The number of amides is 2. The highest BCUT2D eigenvalue weighted by atomic mass is 16.2. The lowest BCUT2D eigenvalue weighted by Gasteiger charge is -2.34. The standard InChI is InChI=1S/C21H28N4O2/c1-14(2)11-20(26)24-7-9-25(10-8-24)21(27)19-13-18(22-23-19)17-6-5-15(3)12-16(17)4/h5-6,12-14H,7-11H2,1-4H3,(H,22,23). The molecule has 0 aliphatic carbocycles. The first-order chi connectivity index (χ1) is 12.8. The van der Waals surface area contributed by atoms with Crippen LogP contribution in [0, 0.1) is 19.8 Å². The SMILES string of the molecule is Cc1ccc(-c2cc(C(=O)N3CCN(C(=O)CC(C)C)CC3)[nH]n2)c(C)c1. The minimum Gasteiger partial charge on any atom is -0.339 e. The lowest BCUT2D eigenvalue weighted by atomic mass is 10.0. The van der Waals surface area contributed by atoms with Crippen molar-refractivity contribution in [1.82, 2.24) is 20.0 Å². The van der Waals surface area contributed by atoms with Crippen LogP contribution in [0.4, 0.5) is 0 Å². The Morgan fingerprint density at radius 1 is 1.07 bits per heavy atom. The van der Waals surface area contributed by atoms with Crippen LogP contribution in [0.1, 0.15) is 41.9 Å². The Kier molecular flexibility index (Phi) is 5.63. The number of benzene rings is 1. The molecule has 27 heavy (non-hydrogen) atoms. The van der Waals surface area contributed by atoms with Crippen LogP contribution >= 0.6 is 0 Å². The predicted octanol–water partition coefficient (Wildman–Crippen LogP) is 3.02. The molecule has 1 aromatic carbocycles. The third kappa shape index (κ3) is 4.38. The molecule has 0 radical (unpaired) electrons. The summed E-state index contributed by atoms with van der Waals surface area (Å²) in [5.74, 6) is 0.469. The number of H-pyrrole nitrogens is 1. The van der Waals surface area contributed by atoms with E-state index < -0.39 is 0 Å². The zero-order valence-electron chi connectivity index (χ0n) is 16.6. The summed E-state index contributed by atoms with van der Waals surface area (Å²) in [7, 11) is 0. The molecule has 0 atom stereocenters. The van der Waals surface area contributed by atoms with Gasteiger partial charge in [-0.1, -0.05) is 37.6 Å². The molecule has 1 aliphatic rings. The molecule has 0 saturated carbocycles. The summed E-state index contributed by atoms with van der Waals surface area (Å²) in [6, 6.07) is 8.01. The zero-order chi connectivity index (χ0) is 19.6. The largest absolute Gasteiger partial charge is 0.339 e. The zero-order valence-corrected chi connectivity index (χ0v) is 16.6. The maximum Gasteiger partial charge on any atom is 0.272 e. The van der Waals surface area contributed by atoms with Crippen LogP contribution in [-0.2, 0) is 4.79 Å². The molecule has 2 amide bonds. The molecule has 6 heteroatoms. The van der Waals surface area contributed by atoms with Crippen molar-refractivity contribution in [1.29, 1.82) is 0 Å². The van der Waals surface area contributed by atoms with Crippen LogP contribution in [0.25, 0.3) is 11.3 Å². The van der Waals surface area contributed by atoms with Gasteiger partial charge in [0.15, 0.2) is 0 Å². The Balaban J connectivity index is 1.64. The molecular weight excluding hydrogens is 340 g/mol. The van der Waals surface area contributed by atoms with Gasteiger partial charge >= 0.3 is 0 Å². The Hall–Kier alpha value is -2.63. The van der Waals surface area contributed by atoms with Crippen molar-refractivity contribution >= 4 is 11.8 Å². The summed E-state index contributed by atoms with van der Waals surface area (Å²) >= 11 is 0. The first-order valence-corrected chi connectivity index (χ1v) is 9.55. The van der Waals surface area contributed by atoms with Gasteiger partial charge in [0.2, 0.25) is 5.91 Å². The van der Waals surface area contributed by atoms with E-state index in [-0.39, 0.29) is 11.8 Å². The Morgan fingerprint density at radius 3 is 2.37 bits per heavy atom. The molecule has 0 spiro atoms. The normalized spacial score (nSPS) is 14.7. The molecule has 0 bridgehead atoms. The fourth-order valence-corrected chi connectivity index (χ4v) is 3.48. The Bertz CT molecular complexity index is 832. The van der Waals surface area contributed by atoms with Gasteiger partial charge in [-0.3, -0.25) is 14.7 Å². The lowest BCUT2D eigenvalue weighted by Crippen LogP contribution is -2.50. The van der Waals surface area contributed by atoms with E-state index in [2.05, 4.69) is 23.2 Å². The summed E-state index contributed by atoms with van der Waals surface area (Å²) < 4.78 is 0. The van der Waals surface area contributed by atoms with E-state index in [1.54, 1.807) is 4.90 Å². The highest BCUT2D eigenvalue weighted by molar-refractivity contribution is 5.93. The molecule has 1 saturated heterocycles. The molecule has 6 nitrogen and oxygen atoms in total. The summed E-state index contributed by atoms with van der Waals surface area (Å²) in [5.41, 5.74) is 4.64. The van der Waals surface area contributed by atoms with Gasteiger partial charge in [-0.05, 0) is 31.4 Å². The van der Waals surface area contributed by atoms with Gasteiger partial charge in [-0.2, -0.15) is 5.10 Å². The lowest BCUT2D eigenvalue weighted by molar-refractivity contribution is -0.133. The summed E-state index contributed by atoms with van der Waals surface area (Å²) in [5, 5.41) is 7.21. The third-order valence-corrected chi connectivity index (χ3v) is 4.97. The average Bonchev–Trinajstić information content (AvgIpc) is 3.10. The number of hydrogen-bond acceptors (Lipinski definition) is 3. The maximum atomic E-state index is 12.8. The number of nitrogens with one attached hydrogen (secondary N) is 1. The van der Waals surface area contributed by atoms with Crippen molar-refractivity contribution in [3.8, 4) is 11.3 Å². The fourth-order valence-electron chi connectivity index (χ4n) is 3.48. The van der Waals surface area contributed by atoms with Crippen LogP contribution < -0.4 is 0 Å². The number of aryl methyl sites for hydroxylation is 2. The molecule has 1 fully saturated rings. The molecule has 2 heterocycles. The summed E-state index contributed by atoms with van der Waals surface area (Å²) in [6.45, 7) is 10.5. The fraction of sp³-hybridized carbons (Fsp3) is 0.476. The molecule has 1 aliphatic heterocycles. The summed E-state index contributed by atoms with van der Waals surface area (Å²) in [6.07, 6.45) is 0.563. The van der Waals surface area contributed by atoms with Crippen molar-refractivity contribution in [3.05, 3.63) is 41.1 Å². The summed E-state index contributed by atoms with van der Waals surface area (Å²) in [4.78, 5) is 28.6. The van der Waals surface area contributed by atoms with Crippen molar-refractivity contribution in [2.75, 3.05) is 26.2 Å². The molecular formula is C21H28N4O2. The Labute approximate surface area is 160 Å². The average molecular weight is 368 g/mol. The van der Waals surface area contributed by atoms with Gasteiger partial charge in [0.1, 0.15) is 5.69 Å². The number of piperazine rings is 1. The highest BCUT2D eigenvalue weighted by Crippen LogP contribution is 2.23. The molecule has 3 rings (SSSR count). The van der Waals surface area contributed by atoms with E-state index in [0.29, 0.717) is 44.2 Å². The smallest absolute Gasteiger partial charge is 0.272 e. The monoisotopic (exact) mass is 368 g/mol. The van der Waals surface area contributed by atoms with Crippen LogP contribution in [0.5, 0.6) is 0 Å². The highest BCUT2D eigenvalue weighted by Gasteiger charge is 2.26. The maximum absolute atomic E-state index is 12.8. The van der Waals surface area contributed by atoms with E-state index in [1.807, 2.05) is 43.9 Å². The molecule has 1 aromatic heterocycles. The second-order valence-corrected chi connectivity index (χ2v) is 7.76. The van der Waals surface area contributed by atoms with E-state index in [9.17, 15) is 9.59 Å². The minimum absolute atomic E-state index is 0.0607. The molecule has 0 unspecified atom stereocenters. The van der Waals surface area contributed by atoms with Crippen LogP contribution in [0.3, 0.4) is 0 Å². The number of rotatable bonds is 4. The number of aromatic nitrogens is 2. The van der Waals surface area contributed by atoms with Crippen LogP contribution in [0.2, 0.25) is 0 Å². The van der Waals surface area contributed by atoms with Crippen molar-refractivity contribution in [2.24, 2.45) is 5.92 Å². The molecule has 2 aromatic rings. The van der Waals surface area contributed by atoms with Gasteiger partial charge in [-0.25, -0.2) is 0 Å². The van der Waals surface area contributed by atoms with Crippen molar-refractivity contribution in [3.63, 3.8) is 0 Å². The minimum atomic E-state index is -0.0607. The van der Waals surface area contributed by atoms with Crippen molar-refractivity contribution < 1.29 is 9.59 Å². The quantitative estimate of drug-likeness (QED) is 0.902. The van der Waals surface area contributed by atoms with E-state index >= 15 is 0 Å². The first-order valence-electron chi connectivity index (χ1n) is 9.55. The number of aromatic amines is 1. The predicted molar refractivity (Wildman–Crippen MR) is 105 cm³/mol.